The van der Waals surface area contributed by atoms with E-state index in [2.05, 4.69) is 114 Å². The molecule has 444 valence electrons. The van der Waals surface area contributed by atoms with Crippen LogP contribution in [0.1, 0.15) is 114 Å². The van der Waals surface area contributed by atoms with Gasteiger partial charge in [0, 0.05) is 66.1 Å². The molecular formula is C60H78N6O15S. The molecule has 21 nitrogen and oxygen atoms in total. The molecule has 3 aromatic rings. The average molecular weight is 1160 g/mol. The molecule has 0 aromatic heterocycles. The molecule has 0 fully saturated rings. The first-order valence-corrected chi connectivity index (χ1v) is 29.4. The molecule has 2 aliphatic heterocycles. The lowest BCUT2D eigenvalue weighted by Gasteiger charge is -2.32. The number of carboxylic acids is 3. The summed E-state index contributed by atoms with van der Waals surface area (Å²) in [4.78, 5) is 76.4. The van der Waals surface area contributed by atoms with E-state index >= 15 is 0 Å². The number of aliphatic carboxylic acids is 3. The van der Waals surface area contributed by atoms with E-state index < -0.39 is 69.6 Å². The molecule has 82 heavy (non-hydrogen) atoms. The Bertz CT molecular complexity index is 3010. The van der Waals surface area contributed by atoms with Crippen molar-refractivity contribution in [2.24, 2.45) is 0 Å². The van der Waals surface area contributed by atoms with Crippen molar-refractivity contribution >= 4 is 57.2 Å². The Morgan fingerprint density at radius 2 is 1.46 bits per heavy atom. The van der Waals surface area contributed by atoms with Gasteiger partial charge in [0.15, 0.2) is 0 Å². The molecule has 8 N–H and O–H groups in total. The van der Waals surface area contributed by atoms with Crippen LogP contribution in [0.5, 0.6) is 5.75 Å². The summed E-state index contributed by atoms with van der Waals surface area (Å²) in [7, 11) is -4.23. The number of anilines is 2. The molecule has 3 aromatic carbocycles. The number of ether oxygens (including phenoxy) is 3. The fourth-order valence-corrected chi connectivity index (χ4v) is 11.1. The van der Waals surface area contributed by atoms with Crippen LogP contribution >= 0.6 is 0 Å². The molecule has 3 atom stereocenters. The first-order valence-electron chi connectivity index (χ1n) is 27.8. The molecule has 0 saturated carbocycles. The topological polar surface area (TPSA) is 300 Å². The Balaban J connectivity index is 1.02. The van der Waals surface area contributed by atoms with Gasteiger partial charge in [0.2, 0.25) is 5.91 Å². The Morgan fingerprint density at radius 1 is 0.768 bits per heavy atom. The Kier molecular flexibility index (Phi) is 22.9. The van der Waals surface area contributed by atoms with E-state index in [1.807, 2.05) is 42.5 Å². The molecule has 1 unspecified atom stereocenters. The van der Waals surface area contributed by atoms with Gasteiger partial charge >= 0.3 is 23.9 Å². The zero-order chi connectivity index (χ0) is 59.6. The number of amides is 4. The molecule has 1 aliphatic carbocycles. The van der Waals surface area contributed by atoms with Gasteiger partial charge in [-0.3, -0.25) is 18.9 Å². The van der Waals surface area contributed by atoms with Gasteiger partial charge in [-0.1, -0.05) is 82.3 Å². The number of hydrogen-bond donors (Lipinski definition) is 8. The second-order valence-corrected chi connectivity index (χ2v) is 23.0. The molecular weight excluding hydrogens is 1080 g/mol. The highest BCUT2D eigenvalue weighted by atomic mass is 32.2. The molecule has 0 radical (unpaired) electrons. The Hall–Kier alpha value is -7.53. The Labute approximate surface area is 479 Å². The number of urea groups is 1. The summed E-state index contributed by atoms with van der Waals surface area (Å²) in [5.74, 6) is -3.72. The van der Waals surface area contributed by atoms with Gasteiger partial charge in [0.1, 0.15) is 30.2 Å². The monoisotopic (exact) mass is 1150 g/mol. The maximum absolute atomic E-state index is 13.6. The number of para-hydroxylation sites is 2. The molecule has 6 rings (SSSR count). The average Bonchev–Trinajstić information content (AvgIpc) is 3.80. The van der Waals surface area contributed by atoms with Crippen molar-refractivity contribution < 1.29 is 71.3 Å². The third-order valence-corrected chi connectivity index (χ3v) is 15.7. The second kappa shape index (κ2) is 29.4. The van der Waals surface area contributed by atoms with Gasteiger partial charge < -0.3 is 60.6 Å². The van der Waals surface area contributed by atoms with Crippen LogP contribution in [-0.4, -0.2) is 141 Å². The van der Waals surface area contributed by atoms with E-state index in [0.717, 1.165) is 65.4 Å². The standard InChI is InChI=1S/C60H78N6O15S/c1-6-65-48-22-11-10-20-44(48)59(2,3)50(65)28-24-40-16-14-17-41(54(40)81-43-18-8-7-9-19-43)25-29-51-60(4,5)45-38-42(23-27-49(45)66(51)33-15-37-82(76,77)78)55(70)62-32-34-79-35-36-80-39-52(67)61-31-13-12-21-46(56(71)72)63-58(75)64-47(57(73)74)26-30-53(68)69/h7-11,18-20,22-25,27-29,38,46-47,50H,6,12-17,21,26,30-37,39H2,1-5H3,(H,61,67)(H,62,70)(H,68,69)(H,71,72)(H,73,74)(H2,63,64,75)(H,76,77,78)/b28-24+,41-25+,51-29+/t46-,47-,50?/m0/s1. The van der Waals surface area contributed by atoms with E-state index in [1.165, 1.54) is 11.3 Å². The lowest BCUT2D eigenvalue weighted by Crippen LogP contribution is -2.51. The minimum atomic E-state index is -4.23. The van der Waals surface area contributed by atoms with Crippen LogP contribution in [-0.2, 0) is 49.6 Å². The number of hydrogen-bond acceptors (Lipinski definition) is 13. The maximum Gasteiger partial charge on any atom is 0.326 e. The summed E-state index contributed by atoms with van der Waals surface area (Å²) < 4.78 is 51.3. The van der Waals surface area contributed by atoms with Gasteiger partial charge in [-0.25, -0.2) is 14.4 Å². The van der Waals surface area contributed by atoms with Crippen LogP contribution in [0.4, 0.5) is 16.2 Å². The van der Waals surface area contributed by atoms with Crippen molar-refractivity contribution in [2.75, 3.05) is 68.2 Å². The predicted octanol–water partition coefficient (Wildman–Crippen LogP) is 7.25. The first-order chi connectivity index (χ1) is 39.0. The molecule has 0 spiro atoms. The van der Waals surface area contributed by atoms with Gasteiger partial charge in [-0.15, -0.1) is 0 Å². The minimum Gasteiger partial charge on any atom is -0.481 e. The lowest BCUT2D eigenvalue weighted by atomic mass is 9.80. The van der Waals surface area contributed by atoms with E-state index in [-0.39, 0.29) is 89.1 Å². The predicted molar refractivity (Wildman–Crippen MR) is 310 cm³/mol. The highest BCUT2D eigenvalue weighted by Gasteiger charge is 2.43. The number of unbranched alkanes of at least 4 members (excludes halogenated alkanes) is 1. The van der Waals surface area contributed by atoms with Crippen LogP contribution in [0.25, 0.3) is 0 Å². The minimum absolute atomic E-state index is 0.0216. The van der Waals surface area contributed by atoms with Gasteiger partial charge in [0.25, 0.3) is 16.0 Å². The number of rotatable bonds is 31. The number of likely N-dealkylation sites (N-methyl/N-ethyl adjacent to an activating group) is 1. The van der Waals surface area contributed by atoms with Crippen molar-refractivity contribution in [3.8, 4) is 5.75 Å². The van der Waals surface area contributed by atoms with Crippen LogP contribution in [0.15, 0.2) is 120 Å². The number of benzene rings is 3. The first kappa shape index (κ1) is 63.6. The zero-order valence-corrected chi connectivity index (χ0v) is 48.1. The molecule has 22 heteroatoms. The number of allylic oxidation sites excluding steroid dienone is 6. The molecule has 3 aliphatic rings. The van der Waals surface area contributed by atoms with Gasteiger partial charge in [-0.05, 0) is 123 Å². The van der Waals surface area contributed by atoms with Crippen LogP contribution in [0, 0.1) is 0 Å². The largest absolute Gasteiger partial charge is 0.481 e. The van der Waals surface area contributed by atoms with Crippen molar-refractivity contribution in [1.82, 2.24) is 21.3 Å². The Morgan fingerprint density at radius 3 is 2.16 bits per heavy atom. The maximum atomic E-state index is 13.6. The molecule has 2 heterocycles. The number of carbonyl (C=O) groups excluding carboxylic acids is 3. The number of fused-ring (bicyclic) bond motifs is 2. The van der Waals surface area contributed by atoms with Gasteiger partial charge in [-0.2, -0.15) is 8.42 Å². The van der Waals surface area contributed by atoms with E-state index in [9.17, 15) is 52.0 Å². The summed E-state index contributed by atoms with van der Waals surface area (Å²) >= 11 is 0. The van der Waals surface area contributed by atoms with Crippen LogP contribution in [0.2, 0.25) is 0 Å². The number of carboxylic acid groups (broad SMARTS) is 3. The lowest BCUT2D eigenvalue weighted by molar-refractivity contribution is -0.141. The molecule has 0 saturated heterocycles. The number of carbonyl (C=O) groups is 6. The van der Waals surface area contributed by atoms with E-state index in [0.29, 0.717) is 12.0 Å². The molecule has 0 bridgehead atoms. The third kappa shape index (κ3) is 17.5. The SMILES string of the molecule is CCN1c2ccccc2C(C)(C)C1/C=C/C1=C(Oc2ccccc2)C(=C/C=C2/N(CCCS(=O)(=O)O)c3ccc(C(=O)NCCOCCOCC(=O)NCCCC[C@H](NC(=O)N[C@@H](CCC(=O)O)C(=O)O)C(=O)O)cc3C2(C)C)/CCC1. The molecule has 4 amide bonds. The summed E-state index contributed by atoms with van der Waals surface area (Å²) in [5, 5.41) is 37.3. The van der Waals surface area contributed by atoms with E-state index in [4.69, 9.17) is 19.3 Å². The normalized spacial score (nSPS) is 18.0. The van der Waals surface area contributed by atoms with Crippen molar-refractivity contribution in [2.45, 2.75) is 121 Å². The summed E-state index contributed by atoms with van der Waals surface area (Å²) in [6.07, 6.45) is 11.1. The summed E-state index contributed by atoms with van der Waals surface area (Å²) in [5.41, 5.74) is 6.89. The summed E-state index contributed by atoms with van der Waals surface area (Å²) in [6.45, 7) is 12.5. The highest BCUT2D eigenvalue weighted by molar-refractivity contribution is 7.85. The zero-order valence-electron chi connectivity index (χ0n) is 47.3. The van der Waals surface area contributed by atoms with Crippen LogP contribution < -0.4 is 35.8 Å². The quantitative estimate of drug-likeness (QED) is 0.0232. The van der Waals surface area contributed by atoms with Crippen LogP contribution in [0.3, 0.4) is 0 Å². The van der Waals surface area contributed by atoms with Crippen molar-refractivity contribution in [3.05, 3.63) is 136 Å². The number of nitrogens with zero attached hydrogens (tertiary/aromatic N) is 2. The van der Waals surface area contributed by atoms with Crippen molar-refractivity contribution in [3.63, 3.8) is 0 Å². The van der Waals surface area contributed by atoms with E-state index in [1.54, 1.807) is 6.07 Å². The van der Waals surface area contributed by atoms with Crippen molar-refractivity contribution in [1.29, 1.82) is 0 Å². The highest BCUT2D eigenvalue weighted by Crippen LogP contribution is 2.49. The fraction of sp³-hybridized carbons (Fsp3) is 0.467. The fourth-order valence-electron chi connectivity index (χ4n) is 10.6. The second-order valence-electron chi connectivity index (χ2n) is 21.4. The number of nitrogens with one attached hydrogen (secondary N) is 4. The smallest absolute Gasteiger partial charge is 0.326 e. The summed E-state index contributed by atoms with van der Waals surface area (Å²) in [6, 6.07) is 20.0. The van der Waals surface area contributed by atoms with Gasteiger partial charge in [0.05, 0.1) is 31.6 Å². The third-order valence-electron chi connectivity index (χ3n) is 14.9.